The Bertz CT molecular complexity index is 709. The zero-order valence-electron chi connectivity index (χ0n) is 14.8. The van der Waals surface area contributed by atoms with E-state index in [0.717, 1.165) is 57.7 Å². The predicted octanol–water partition coefficient (Wildman–Crippen LogP) is 2.39. The van der Waals surface area contributed by atoms with Gasteiger partial charge in [-0.2, -0.15) is 4.98 Å². The Kier molecular flexibility index (Phi) is 4.83. The first-order valence-corrected chi connectivity index (χ1v) is 9.18. The summed E-state index contributed by atoms with van der Waals surface area (Å²) in [5, 5.41) is 7.72. The van der Waals surface area contributed by atoms with Gasteiger partial charge in [-0.3, -0.25) is 4.90 Å². The number of rotatable bonds is 3. The molecule has 0 bridgehead atoms. The summed E-state index contributed by atoms with van der Waals surface area (Å²) in [6, 6.07) is 8.21. The third-order valence-electron chi connectivity index (χ3n) is 5.49. The summed E-state index contributed by atoms with van der Waals surface area (Å²) in [6.45, 7) is 7.53. The topological polar surface area (TPSA) is 63.4 Å². The average Bonchev–Trinajstić information content (AvgIpc) is 3.02. The predicted molar refractivity (Wildman–Crippen MR) is 95.2 cm³/mol. The van der Waals surface area contributed by atoms with Crippen molar-refractivity contribution in [1.29, 1.82) is 0 Å². The average molecular weight is 342 g/mol. The van der Waals surface area contributed by atoms with Gasteiger partial charge in [-0.25, -0.2) is 0 Å². The molecule has 0 unspecified atom stereocenters. The van der Waals surface area contributed by atoms with E-state index in [0.29, 0.717) is 18.3 Å². The molecule has 6 heteroatoms. The van der Waals surface area contributed by atoms with Crippen molar-refractivity contribution in [1.82, 2.24) is 20.4 Å². The molecule has 2 aliphatic heterocycles. The van der Waals surface area contributed by atoms with E-state index in [1.807, 2.05) is 12.1 Å². The van der Waals surface area contributed by atoms with Crippen LogP contribution < -0.4 is 5.32 Å². The molecule has 0 radical (unpaired) electrons. The summed E-state index contributed by atoms with van der Waals surface area (Å²) in [6.07, 6.45) is 3.30. The van der Waals surface area contributed by atoms with E-state index in [4.69, 9.17) is 9.26 Å². The lowest BCUT2D eigenvalue weighted by Gasteiger charge is -2.44. The molecule has 6 nitrogen and oxygen atoms in total. The summed E-state index contributed by atoms with van der Waals surface area (Å²) in [5.74, 6) is 1.37. The SMILES string of the molecule is Cc1cccc(-c2noc(CN3CCNCCC34CCOCC4)n2)c1. The van der Waals surface area contributed by atoms with E-state index in [1.165, 1.54) is 5.56 Å². The Labute approximate surface area is 148 Å². The number of hydrogen-bond donors (Lipinski definition) is 1. The van der Waals surface area contributed by atoms with Crippen LogP contribution in [0.1, 0.15) is 30.7 Å². The van der Waals surface area contributed by atoms with Crippen molar-refractivity contribution in [3.05, 3.63) is 35.7 Å². The summed E-state index contributed by atoms with van der Waals surface area (Å²) >= 11 is 0. The van der Waals surface area contributed by atoms with E-state index in [2.05, 4.69) is 39.4 Å². The highest BCUT2D eigenvalue weighted by Gasteiger charge is 2.39. The number of ether oxygens (including phenoxy) is 1. The van der Waals surface area contributed by atoms with E-state index >= 15 is 0 Å². The number of nitrogens with one attached hydrogen (secondary N) is 1. The van der Waals surface area contributed by atoms with Gasteiger partial charge >= 0.3 is 0 Å². The molecule has 2 aliphatic rings. The normalized spacial score (nSPS) is 21.3. The maximum atomic E-state index is 5.61. The molecule has 4 rings (SSSR count). The minimum absolute atomic E-state index is 0.194. The highest BCUT2D eigenvalue weighted by atomic mass is 16.5. The van der Waals surface area contributed by atoms with Crippen molar-refractivity contribution in [2.75, 3.05) is 32.8 Å². The summed E-state index contributed by atoms with van der Waals surface area (Å²) in [5.41, 5.74) is 2.40. The fourth-order valence-electron chi connectivity index (χ4n) is 4.00. The van der Waals surface area contributed by atoms with E-state index in [9.17, 15) is 0 Å². The summed E-state index contributed by atoms with van der Waals surface area (Å²) < 4.78 is 11.2. The number of aromatic nitrogens is 2. The monoisotopic (exact) mass is 342 g/mol. The fourth-order valence-corrected chi connectivity index (χ4v) is 4.00. The molecule has 1 aromatic heterocycles. The lowest BCUT2D eigenvalue weighted by Crippen LogP contribution is -2.52. The fraction of sp³-hybridized carbons (Fsp3) is 0.579. The smallest absolute Gasteiger partial charge is 0.241 e. The van der Waals surface area contributed by atoms with Crippen LogP contribution in [0.3, 0.4) is 0 Å². The zero-order valence-corrected chi connectivity index (χ0v) is 14.8. The van der Waals surface area contributed by atoms with Crippen LogP contribution in [0.25, 0.3) is 11.4 Å². The van der Waals surface area contributed by atoms with Gasteiger partial charge in [0.2, 0.25) is 11.7 Å². The van der Waals surface area contributed by atoms with E-state index in [-0.39, 0.29) is 5.54 Å². The molecule has 0 amide bonds. The van der Waals surface area contributed by atoms with Gasteiger partial charge in [-0.15, -0.1) is 0 Å². The molecule has 2 fully saturated rings. The second kappa shape index (κ2) is 7.23. The molecular formula is C19H26N4O2. The van der Waals surface area contributed by atoms with Gasteiger partial charge in [0.15, 0.2) is 0 Å². The first kappa shape index (κ1) is 16.7. The first-order valence-electron chi connectivity index (χ1n) is 9.18. The van der Waals surface area contributed by atoms with Crippen molar-refractivity contribution >= 4 is 0 Å². The van der Waals surface area contributed by atoms with Crippen LogP contribution in [0.5, 0.6) is 0 Å². The second-order valence-electron chi connectivity index (χ2n) is 7.14. The minimum Gasteiger partial charge on any atom is -0.381 e. The molecule has 0 saturated carbocycles. The van der Waals surface area contributed by atoms with Gasteiger partial charge in [-0.05, 0) is 38.8 Å². The van der Waals surface area contributed by atoms with Crippen LogP contribution in [0, 0.1) is 6.92 Å². The van der Waals surface area contributed by atoms with Crippen LogP contribution in [0.4, 0.5) is 0 Å². The Morgan fingerprint density at radius 3 is 2.92 bits per heavy atom. The number of nitrogens with zero attached hydrogens (tertiary/aromatic N) is 3. The van der Waals surface area contributed by atoms with Crippen molar-refractivity contribution in [3.63, 3.8) is 0 Å². The Morgan fingerprint density at radius 1 is 1.20 bits per heavy atom. The van der Waals surface area contributed by atoms with Crippen LogP contribution in [-0.2, 0) is 11.3 Å². The maximum absolute atomic E-state index is 5.61. The molecule has 2 saturated heterocycles. The molecule has 3 heterocycles. The minimum atomic E-state index is 0.194. The number of hydrogen-bond acceptors (Lipinski definition) is 6. The third kappa shape index (κ3) is 3.61. The van der Waals surface area contributed by atoms with Gasteiger partial charge in [0, 0.05) is 37.4 Å². The highest BCUT2D eigenvalue weighted by Crippen LogP contribution is 2.33. The molecule has 134 valence electrons. The maximum Gasteiger partial charge on any atom is 0.241 e. The molecule has 0 atom stereocenters. The quantitative estimate of drug-likeness (QED) is 0.924. The first-order chi connectivity index (χ1) is 12.3. The zero-order chi connectivity index (χ0) is 17.1. The lowest BCUT2D eigenvalue weighted by molar-refractivity contribution is -0.0342. The third-order valence-corrected chi connectivity index (χ3v) is 5.49. The molecule has 25 heavy (non-hydrogen) atoms. The van der Waals surface area contributed by atoms with Crippen LogP contribution in [0.15, 0.2) is 28.8 Å². The van der Waals surface area contributed by atoms with E-state index < -0.39 is 0 Å². The highest BCUT2D eigenvalue weighted by molar-refractivity contribution is 5.55. The van der Waals surface area contributed by atoms with Crippen molar-refractivity contribution in [2.45, 2.75) is 38.3 Å². The van der Waals surface area contributed by atoms with Gasteiger partial charge < -0.3 is 14.6 Å². The molecule has 1 spiro atoms. The largest absolute Gasteiger partial charge is 0.381 e. The molecule has 2 aromatic rings. The van der Waals surface area contributed by atoms with E-state index in [1.54, 1.807) is 0 Å². The summed E-state index contributed by atoms with van der Waals surface area (Å²) in [4.78, 5) is 7.18. The summed E-state index contributed by atoms with van der Waals surface area (Å²) in [7, 11) is 0. The molecule has 1 N–H and O–H groups in total. The van der Waals surface area contributed by atoms with Gasteiger partial charge in [0.05, 0.1) is 6.54 Å². The van der Waals surface area contributed by atoms with Crippen molar-refractivity contribution in [2.24, 2.45) is 0 Å². The van der Waals surface area contributed by atoms with Crippen molar-refractivity contribution in [3.8, 4) is 11.4 Å². The Balaban J connectivity index is 1.54. The van der Waals surface area contributed by atoms with Crippen LogP contribution in [0.2, 0.25) is 0 Å². The van der Waals surface area contributed by atoms with Crippen molar-refractivity contribution < 1.29 is 9.26 Å². The second-order valence-corrected chi connectivity index (χ2v) is 7.14. The Morgan fingerprint density at radius 2 is 2.08 bits per heavy atom. The lowest BCUT2D eigenvalue weighted by atomic mass is 9.85. The van der Waals surface area contributed by atoms with Crippen LogP contribution >= 0.6 is 0 Å². The van der Waals surface area contributed by atoms with Gasteiger partial charge in [0.25, 0.3) is 0 Å². The Hall–Kier alpha value is -1.76. The molecular weight excluding hydrogens is 316 g/mol. The molecule has 0 aliphatic carbocycles. The number of aryl methyl sites for hydroxylation is 1. The number of benzene rings is 1. The van der Waals surface area contributed by atoms with Gasteiger partial charge in [-0.1, -0.05) is 28.9 Å². The molecule has 1 aromatic carbocycles. The van der Waals surface area contributed by atoms with Gasteiger partial charge in [0.1, 0.15) is 0 Å². The standard InChI is InChI=1S/C19H26N4O2/c1-15-3-2-4-16(13-15)18-21-17(25-22-18)14-23-10-9-20-8-5-19(23)6-11-24-12-7-19/h2-4,13,20H,5-12,14H2,1H3. The van der Waals surface area contributed by atoms with Crippen LogP contribution in [-0.4, -0.2) is 53.4 Å².